The Labute approximate surface area is 180 Å². The number of benzene rings is 2. The molecular weight excluding hydrogens is 411 g/mol. The number of hydrogen-bond acceptors (Lipinski definition) is 5. The number of thiophene rings is 1. The topological polar surface area (TPSA) is 32.8 Å². The SMILES string of the molecule is COc1cc(F)ccc1N1CCN(CCC(=O)c2csc3ccccc23)CC1.Cl. The van der Waals surface area contributed by atoms with Crippen molar-refractivity contribution in [1.82, 2.24) is 4.90 Å². The molecule has 0 saturated carbocycles. The minimum atomic E-state index is -0.293. The van der Waals surface area contributed by atoms with Gasteiger partial charge < -0.3 is 9.64 Å². The van der Waals surface area contributed by atoms with Crippen molar-refractivity contribution >= 4 is 45.3 Å². The van der Waals surface area contributed by atoms with Crippen LogP contribution in [-0.4, -0.2) is 50.5 Å². The molecule has 1 aliphatic rings. The number of piperazine rings is 1. The lowest BCUT2D eigenvalue weighted by molar-refractivity contribution is 0.0964. The van der Waals surface area contributed by atoms with Gasteiger partial charge in [-0.3, -0.25) is 9.69 Å². The van der Waals surface area contributed by atoms with E-state index >= 15 is 0 Å². The molecule has 0 radical (unpaired) electrons. The molecule has 2 aromatic carbocycles. The molecule has 0 bridgehead atoms. The van der Waals surface area contributed by atoms with Gasteiger partial charge >= 0.3 is 0 Å². The molecule has 1 aromatic heterocycles. The van der Waals surface area contributed by atoms with E-state index in [4.69, 9.17) is 4.74 Å². The lowest BCUT2D eigenvalue weighted by Gasteiger charge is -2.36. The van der Waals surface area contributed by atoms with Gasteiger partial charge in [-0.25, -0.2) is 4.39 Å². The van der Waals surface area contributed by atoms with Gasteiger partial charge in [0, 0.05) is 66.2 Å². The van der Waals surface area contributed by atoms with Crippen molar-refractivity contribution < 1.29 is 13.9 Å². The predicted molar refractivity (Wildman–Crippen MR) is 120 cm³/mol. The van der Waals surface area contributed by atoms with Crippen LogP contribution in [0.1, 0.15) is 16.8 Å². The summed E-state index contributed by atoms with van der Waals surface area (Å²) in [7, 11) is 1.56. The second-order valence-corrected chi connectivity index (χ2v) is 7.87. The molecule has 29 heavy (non-hydrogen) atoms. The second kappa shape index (κ2) is 9.57. The van der Waals surface area contributed by atoms with Crippen molar-refractivity contribution in [3.8, 4) is 5.75 Å². The summed E-state index contributed by atoms with van der Waals surface area (Å²) in [5.74, 6) is 0.478. The first-order valence-corrected chi connectivity index (χ1v) is 10.3. The summed E-state index contributed by atoms with van der Waals surface area (Å²) in [5, 5.41) is 3.04. The summed E-state index contributed by atoms with van der Waals surface area (Å²) in [5.41, 5.74) is 1.76. The van der Waals surface area contributed by atoms with E-state index in [2.05, 4.69) is 15.9 Å². The van der Waals surface area contributed by atoms with Crippen LogP contribution in [0.4, 0.5) is 10.1 Å². The number of ketones is 1. The van der Waals surface area contributed by atoms with Gasteiger partial charge in [0.15, 0.2) is 5.78 Å². The molecule has 1 aliphatic heterocycles. The normalized spacial score (nSPS) is 14.6. The maximum Gasteiger partial charge on any atom is 0.165 e. The van der Waals surface area contributed by atoms with Gasteiger partial charge in [0.05, 0.1) is 12.8 Å². The van der Waals surface area contributed by atoms with Crippen LogP contribution in [0, 0.1) is 5.82 Å². The Balaban J connectivity index is 0.00000240. The molecule has 4 rings (SSSR count). The molecule has 7 heteroatoms. The quantitative estimate of drug-likeness (QED) is 0.518. The molecule has 0 N–H and O–H groups in total. The van der Waals surface area contributed by atoms with E-state index in [0.29, 0.717) is 12.2 Å². The Hall–Kier alpha value is -2.15. The van der Waals surface area contributed by atoms with E-state index in [-0.39, 0.29) is 24.0 Å². The minimum Gasteiger partial charge on any atom is -0.494 e. The molecular formula is C22H24ClFN2O2S. The van der Waals surface area contributed by atoms with Crippen LogP contribution in [0.3, 0.4) is 0 Å². The molecule has 154 valence electrons. The fraction of sp³-hybridized carbons (Fsp3) is 0.318. The highest BCUT2D eigenvalue weighted by atomic mass is 35.5. The van der Waals surface area contributed by atoms with Gasteiger partial charge in [0.1, 0.15) is 11.6 Å². The van der Waals surface area contributed by atoms with Crippen LogP contribution in [0.15, 0.2) is 47.8 Å². The molecule has 0 aliphatic carbocycles. The van der Waals surface area contributed by atoms with Gasteiger partial charge in [-0.2, -0.15) is 0 Å². The van der Waals surface area contributed by atoms with Gasteiger partial charge in [-0.1, -0.05) is 18.2 Å². The minimum absolute atomic E-state index is 0. The number of carbonyl (C=O) groups is 1. The van der Waals surface area contributed by atoms with E-state index in [9.17, 15) is 9.18 Å². The summed E-state index contributed by atoms with van der Waals surface area (Å²) in [4.78, 5) is 17.2. The summed E-state index contributed by atoms with van der Waals surface area (Å²) in [6.45, 7) is 4.17. The third-order valence-electron chi connectivity index (χ3n) is 5.29. The number of rotatable bonds is 6. The van der Waals surface area contributed by atoms with Crippen molar-refractivity contribution in [3.63, 3.8) is 0 Å². The first kappa shape index (κ1) is 21.6. The smallest absolute Gasteiger partial charge is 0.165 e. The van der Waals surface area contributed by atoms with Crippen LogP contribution >= 0.6 is 23.7 Å². The molecule has 3 aromatic rings. The lowest BCUT2D eigenvalue weighted by Crippen LogP contribution is -2.47. The predicted octanol–water partition coefficient (Wildman–Crippen LogP) is 4.87. The van der Waals surface area contributed by atoms with E-state index in [1.54, 1.807) is 24.5 Å². The van der Waals surface area contributed by atoms with Crippen LogP contribution in [0.25, 0.3) is 10.1 Å². The lowest BCUT2D eigenvalue weighted by atomic mass is 10.1. The molecule has 2 heterocycles. The van der Waals surface area contributed by atoms with Gasteiger partial charge in [0.2, 0.25) is 0 Å². The zero-order valence-corrected chi connectivity index (χ0v) is 17.9. The fourth-order valence-electron chi connectivity index (χ4n) is 3.71. The molecule has 1 saturated heterocycles. The summed E-state index contributed by atoms with van der Waals surface area (Å²) < 4.78 is 19.9. The van der Waals surface area contributed by atoms with Crippen molar-refractivity contribution in [2.24, 2.45) is 0 Å². The van der Waals surface area contributed by atoms with Crippen molar-refractivity contribution in [2.75, 3.05) is 44.7 Å². The summed E-state index contributed by atoms with van der Waals surface area (Å²) in [6.07, 6.45) is 0.528. The standard InChI is InChI=1S/C22H23FN2O2S.ClH/c1-27-21-14-16(23)6-7-19(21)25-12-10-24(11-13-25)9-8-20(26)18-15-28-22-5-3-2-4-17(18)22;/h2-7,14-15H,8-13H2,1H3;1H. The first-order chi connectivity index (χ1) is 13.7. The summed E-state index contributed by atoms with van der Waals surface area (Å²) in [6, 6.07) is 12.7. The van der Waals surface area contributed by atoms with E-state index in [1.807, 2.05) is 23.6 Å². The van der Waals surface area contributed by atoms with Crippen LogP contribution < -0.4 is 9.64 Å². The van der Waals surface area contributed by atoms with E-state index in [1.165, 1.54) is 12.1 Å². The number of Topliss-reactive ketones (excluding diaryl/α,β-unsaturated/α-hetero) is 1. The summed E-state index contributed by atoms with van der Waals surface area (Å²) >= 11 is 1.63. The number of ether oxygens (including phenoxy) is 1. The zero-order chi connectivity index (χ0) is 19.5. The largest absolute Gasteiger partial charge is 0.494 e. The maximum absolute atomic E-state index is 13.4. The number of methoxy groups -OCH3 is 1. The van der Waals surface area contributed by atoms with Crippen molar-refractivity contribution in [1.29, 1.82) is 0 Å². The Morgan fingerprint density at radius 2 is 1.90 bits per heavy atom. The molecule has 0 unspecified atom stereocenters. The third-order valence-corrected chi connectivity index (χ3v) is 6.25. The van der Waals surface area contributed by atoms with Crippen molar-refractivity contribution in [3.05, 3.63) is 59.2 Å². The highest BCUT2D eigenvalue weighted by molar-refractivity contribution is 7.17. The average Bonchev–Trinajstić information content (AvgIpc) is 3.16. The Bertz CT molecular complexity index is 986. The molecule has 0 spiro atoms. The molecule has 1 fully saturated rings. The number of halogens is 2. The average molecular weight is 435 g/mol. The van der Waals surface area contributed by atoms with Crippen molar-refractivity contribution in [2.45, 2.75) is 6.42 Å². The Kier molecular flexibility index (Phi) is 7.11. The number of nitrogens with zero attached hydrogens (tertiary/aromatic N) is 2. The van der Waals surface area contributed by atoms with Gasteiger partial charge in [-0.05, 0) is 18.2 Å². The molecule has 0 amide bonds. The highest BCUT2D eigenvalue weighted by Crippen LogP contribution is 2.30. The third kappa shape index (κ3) is 4.71. The Morgan fingerprint density at radius 1 is 1.14 bits per heavy atom. The van der Waals surface area contributed by atoms with E-state index < -0.39 is 0 Å². The van der Waals surface area contributed by atoms with Gasteiger partial charge in [-0.15, -0.1) is 23.7 Å². The Morgan fingerprint density at radius 3 is 2.66 bits per heavy atom. The second-order valence-electron chi connectivity index (χ2n) is 6.96. The van der Waals surface area contributed by atoms with Gasteiger partial charge in [0.25, 0.3) is 0 Å². The zero-order valence-electron chi connectivity index (χ0n) is 16.3. The maximum atomic E-state index is 13.4. The number of fused-ring (bicyclic) bond motifs is 1. The molecule has 0 atom stereocenters. The highest BCUT2D eigenvalue weighted by Gasteiger charge is 2.21. The number of hydrogen-bond donors (Lipinski definition) is 0. The van der Waals surface area contributed by atoms with Crippen LogP contribution in [0.5, 0.6) is 5.75 Å². The van der Waals surface area contributed by atoms with Crippen LogP contribution in [-0.2, 0) is 0 Å². The van der Waals surface area contributed by atoms with E-state index in [0.717, 1.165) is 54.1 Å². The fourth-order valence-corrected chi connectivity index (χ4v) is 4.68. The van der Waals surface area contributed by atoms with Crippen LogP contribution in [0.2, 0.25) is 0 Å². The first-order valence-electron chi connectivity index (χ1n) is 9.46. The number of carbonyl (C=O) groups excluding carboxylic acids is 1. The monoisotopic (exact) mass is 434 g/mol. The molecule has 4 nitrogen and oxygen atoms in total. The number of anilines is 1.